The number of aromatic nitrogens is 1. The average Bonchev–Trinajstić information content (AvgIpc) is 2.26. The second-order valence-electron chi connectivity index (χ2n) is 3.35. The van der Waals surface area contributed by atoms with Gasteiger partial charge in [-0.2, -0.15) is 0 Å². The molecule has 2 rings (SSSR count). The van der Waals surface area contributed by atoms with Gasteiger partial charge in [-0.25, -0.2) is 9.18 Å². The number of ether oxygens (including phenoxy) is 1. The molecule has 0 saturated carbocycles. The van der Waals surface area contributed by atoms with Crippen molar-refractivity contribution in [3.8, 4) is 0 Å². The number of hydrogen-bond acceptors (Lipinski definition) is 3. The number of nitrogens with one attached hydrogen (secondary N) is 1. The molecule has 0 unspecified atom stereocenters. The maximum Gasteiger partial charge on any atom is 0.354 e. The second-order valence-corrected chi connectivity index (χ2v) is 3.76. The number of H-pyrrole nitrogens is 1. The Morgan fingerprint density at radius 2 is 2.12 bits per heavy atom. The molecule has 1 heterocycles. The number of carbonyl (C=O) groups is 1. The van der Waals surface area contributed by atoms with Crippen LogP contribution < -0.4 is 5.43 Å². The molecule has 1 N–H and O–H groups in total. The van der Waals surface area contributed by atoms with Gasteiger partial charge in [0.05, 0.1) is 23.0 Å². The van der Waals surface area contributed by atoms with Gasteiger partial charge in [-0.15, -0.1) is 0 Å². The second kappa shape index (κ2) is 4.18. The van der Waals surface area contributed by atoms with Gasteiger partial charge >= 0.3 is 5.97 Å². The standard InChI is InChI=1S/C11H7ClFNO3/c1-17-11(16)8-4-9(15)10-6(12)2-5(13)3-7(10)14-8/h2-4H,1H3,(H,14,15). The molecule has 0 fully saturated rings. The number of hydrogen-bond donors (Lipinski definition) is 1. The van der Waals surface area contributed by atoms with E-state index >= 15 is 0 Å². The molecule has 0 saturated heterocycles. The molecule has 0 atom stereocenters. The highest BCUT2D eigenvalue weighted by atomic mass is 35.5. The molecule has 88 valence electrons. The molecular weight excluding hydrogens is 249 g/mol. The molecule has 0 aliphatic heterocycles. The molecule has 17 heavy (non-hydrogen) atoms. The lowest BCUT2D eigenvalue weighted by Gasteiger charge is -2.04. The fourth-order valence-corrected chi connectivity index (χ4v) is 1.83. The minimum atomic E-state index is -0.704. The van der Waals surface area contributed by atoms with Crippen LogP contribution in [0.2, 0.25) is 5.02 Å². The van der Waals surface area contributed by atoms with Gasteiger partial charge in [0.2, 0.25) is 0 Å². The Morgan fingerprint density at radius 3 is 2.76 bits per heavy atom. The van der Waals surface area contributed by atoms with E-state index in [2.05, 4.69) is 9.72 Å². The number of esters is 1. The summed E-state index contributed by atoms with van der Waals surface area (Å²) in [4.78, 5) is 25.6. The van der Waals surface area contributed by atoms with E-state index in [9.17, 15) is 14.0 Å². The molecule has 1 aromatic heterocycles. The van der Waals surface area contributed by atoms with Gasteiger partial charge in [0.25, 0.3) is 0 Å². The Labute approximate surface area is 100.0 Å². The van der Waals surface area contributed by atoms with E-state index in [4.69, 9.17) is 11.6 Å². The highest BCUT2D eigenvalue weighted by molar-refractivity contribution is 6.35. The lowest BCUT2D eigenvalue weighted by atomic mass is 10.2. The first-order chi connectivity index (χ1) is 8.02. The quantitative estimate of drug-likeness (QED) is 0.794. The van der Waals surface area contributed by atoms with Crippen molar-refractivity contribution in [3.63, 3.8) is 0 Å². The van der Waals surface area contributed by atoms with Crippen LogP contribution in [0, 0.1) is 5.82 Å². The summed E-state index contributed by atoms with van der Waals surface area (Å²) in [5.41, 5.74) is -0.362. The van der Waals surface area contributed by atoms with Gasteiger partial charge in [0.1, 0.15) is 11.5 Å². The topological polar surface area (TPSA) is 59.2 Å². The van der Waals surface area contributed by atoms with Crippen molar-refractivity contribution >= 4 is 28.5 Å². The van der Waals surface area contributed by atoms with E-state index in [1.807, 2.05) is 0 Å². The van der Waals surface area contributed by atoms with Crippen molar-refractivity contribution < 1.29 is 13.9 Å². The maximum atomic E-state index is 13.1. The minimum Gasteiger partial charge on any atom is -0.464 e. The third-order valence-electron chi connectivity index (χ3n) is 2.25. The molecule has 0 spiro atoms. The van der Waals surface area contributed by atoms with Crippen molar-refractivity contribution in [1.82, 2.24) is 4.98 Å². The highest BCUT2D eigenvalue weighted by Gasteiger charge is 2.12. The van der Waals surface area contributed by atoms with Crippen molar-refractivity contribution in [2.24, 2.45) is 0 Å². The lowest BCUT2D eigenvalue weighted by Crippen LogP contribution is -2.11. The Kier molecular flexibility index (Phi) is 2.85. The summed E-state index contributed by atoms with van der Waals surface area (Å²) < 4.78 is 17.6. The van der Waals surface area contributed by atoms with E-state index < -0.39 is 17.2 Å². The monoisotopic (exact) mass is 255 g/mol. The maximum absolute atomic E-state index is 13.1. The number of aromatic amines is 1. The van der Waals surface area contributed by atoms with E-state index in [1.54, 1.807) is 0 Å². The van der Waals surface area contributed by atoms with Gasteiger partial charge < -0.3 is 9.72 Å². The van der Waals surface area contributed by atoms with Crippen LogP contribution in [-0.2, 0) is 4.74 Å². The van der Waals surface area contributed by atoms with Crippen LogP contribution in [0.25, 0.3) is 10.9 Å². The fraction of sp³-hybridized carbons (Fsp3) is 0.0909. The van der Waals surface area contributed by atoms with Crippen LogP contribution >= 0.6 is 11.6 Å². The number of fused-ring (bicyclic) bond motifs is 1. The molecule has 4 nitrogen and oxygen atoms in total. The molecule has 0 aliphatic rings. The van der Waals surface area contributed by atoms with Crippen molar-refractivity contribution in [3.05, 3.63) is 45.0 Å². The number of methoxy groups -OCH3 is 1. The Bertz CT molecular complexity index is 666. The van der Waals surface area contributed by atoms with Crippen molar-refractivity contribution in [2.45, 2.75) is 0 Å². The summed E-state index contributed by atoms with van der Waals surface area (Å²) in [6, 6.07) is 3.20. The summed E-state index contributed by atoms with van der Waals surface area (Å²) >= 11 is 5.76. The van der Waals surface area contributed by atoms with Gasteiger partial charge in [-0.3, -0.25) is 4.79 Å². The Balaban J connectivity index is 2.82. The van der Waals surface area contributed by atoms with Gasteiger partial charge in [-0.05, 0) is 12.1 Å². The fourth-order valence-electron chi connectivity index (χ4n) is 1.53. The van der Waals surface area contributed by atoms with E-state index in [-0.39, 0.29) is 21.6 Å². The number of benzene rings is 1. The zero-order chi connectivity index (χ0) is 12.6. The molecular formula is C11H7ClFNO3. The summed E-state index contributed by atoms with van der Waals surface area (Å²) in [6.07, 6.45) is 0. The normalized spacial score (nSPS) is 10.5. The minimum absolute atomic E-state index is 0.00216. The van der Waals surface area contributed by atoms with E-state index in [0.717, 1.165) is 18.2 Å². The third-order valence-corrected chi connectivity index (χ3v) is 2.55. The highest BCUT2D eigenvalue weighted by Crippen LogP contribution is 2.20. The zero-order valence-electron chi connectivity index (χ0n) is 8.71. The molecule has 0 bridgehead atoms. The molecule has 0 radical (unpaired) electrons. The first-order valence-electron chi connectivity index (χ1n) is 4.63. The lowest BCUT2D eigenvalue weighted by molar-refractivity contribution is 0.0594. The number of carbonyl (C=O) groups excluding carboxylic acids is 1. The van der Waals surface area contributed by atoms with Crippen LogP contribution in [0.3, 0.4) is 0 Å². The molecule has 2 aromatic rings. The smallest absolute Gasteiger partial charge is 0.354 e. The first kappa shape index (κ1) is 11.6. The van der Waals surface area contributed by atoms with Crippen molar-refractivity contribution in [2.75, 3.05) is 7.11 Å². The summed E-state index contributed by atoms with van der Waals surface area (Å²) in [6.45, 7) is 0. The van der Waals surface area contributed by atoms with Crippen LogP contribution in [0.5, 0.6) is 0 Å². The Morgan fingerprint density at radius 1 is 1.41 bits per heavy atom. The SMILES string of the molecule is COC(=O)c1cc(=O)c2c(Cl)cc(F)cc2[nH]1. The third kappa shape index (κ3) is 2.01. The summed E-state index contributed by atoms with van der Waals surface area (Å²) in [5, 5.41) is 0.137. The largest absolute Gasteiger partial charge is 0.464 e. The van der Waals surface area contributed by atoms with E-state index in [1.165, 1.54) is 7.11 Å². The molecule has 0 aliphatic carbocycles. The van der Waals surface area contributed by atoms with Crippen LogP contribution in [0.15, 0.2) is 23.0 Å². The predicted octanol–water partition coefficient (Wildman–Crippen LogP) is 2.11. The van der Waals surface area contributed by atoms with Crippen molar-refractivity contribution in [1.29, 1.82) is 0 Å². The average molecular weight is 256 g/mol. The van der Waals surface area contributed by atoms with Gasteiger partial charge in [-0.1, -0.05) is 11.6 Å². The van der Waals surface area contributed by atoms with Crippen LogP contribution in [0.1, 0.15) is 10.5 Å². The number of halogens is 2. The zero-order valence-corrected chi connectivity index (χ0v) is 9.47. The predicted molar refractivity (Wildman–Crippen MR) is 60.9 cm³/mol. The van der Waals surface area contributed by atoms with Gasteiger partial charge in [0.15, 0.2) is 5.43 Å². The molecule has 0 amide bonds. The van der Waals surface area contributed by atoms with Gasteiger partial charge in [0, 0.05) is 6.07 Å². The van der Waals surface area contributed by atoms with Crippen LogP contribution in [-0.4, -0.2) is 18.1 Å². The first-order valence-corrected chi connectivity index (χ1v) is 5.01. The van der Waals surface area contributed by atoms with Crippen LogP contribution in [0.4, 0.5) is 4.39 Å². The Hall–Kier alpha value is -1.88. The molecule has 1 aromatic carbocycles. The number of rotatable bonds is 1. The van der Waals surface area contributed by atoms with E-state index in [0.29, 0.717) is 0 Å². The number of pyridine rings is 1. The molecule has 6 heteroatoms. The summed E-state index contributed by atoms with van der Waals surface area (Å²) in [5.74, 6) is -1.30. The summed E-state index contributed by atoms with van der Waals surface area (Å²) in [7, 11) is 1.18.